The number of benzene rings is 2. The van der Waals surface area contributed by atoms with Gasteiger partial charge in [-0.05, 0) is 18.2 Å². The molecular formula is C22H17ClF3N9O2. The molecule has 11 nitrogen and oxygen atoms in total. The third-order valence-corrected chi connectivity index (χ3v) is 5.96. The molecule has 0 aliphatic carbocycles. The summed E-state index contributed by atoms with van der Waals surface area (Å²) in [5.41, 5.74) is -0.862. The second-order valence-corrected chi connectivity index (χ2v) is 8.61. The zero-order chi connectivity index (χ0) is 26.4. The van der Waals surface area contributed by atoms with E-state index < -0.39 is 35.4 Å². The first-order valence-electron chi connectivity index (χ1n) is 10.7. The average molecular weight is 532 g/mol. The van der Waals surface area contributed by atoms with Crippen LogP contribution in [0.4, 0.5) is 24.8 Å². The summed E-state index contributed by atoms with van der Waals surface area (Å²) in [7, 11) is 3.30. The fourth-order valence-electron chi connectivity index (χ4n) is 3.76. The van der Waals surface area contributed by atoms with Crippen molar-refractivity contribution in [1.29, 1.82) is 0 Å². The third kappa shape index (κ3) is 4.58. The van der Waals surface area contributed by atoms with Crippen molar-refractivity contribution >= 4 is 34.1 Å². The van der Waals surface area contributed by atoms with Crippen LogP contribution >= 0.6 is 11.6 Å². The molecule has 0 saturated heterocycles. The minimum Gasteiger partial charge on any atom is -0.324 e. The lowest BCUT2D eigenvalue weighted by molar-refractivity contribution is 0.485. The summed E-state index contributed by atoms with van der Waals surface area (Å²) in [6, 6.07) is 4.22. The number of aromatic nitrogens is 8. The first kappa shape index (κ1) is 24.2. The van der Waals surface area contributed by atoms with Crippen molar-refractivity contribution in [3.63, 3.8) is 0 Å². The number of hydrogen-bond acceptors (Lipinski definition) is 7. The molecule has 15 heteroatoms. The van der Waals surface area contributed by atoms with Crippen LogP contribution in [0.15, 0.2) is 46.2 Å². The average Bonchev–Trinajstić information content (AvgIpc) is 3.40. The molecule has 0 bridgehead atoms. The second kappa shape index (κ2) is 9.20. The molecule has 0 fully saturated rings. The van der Waals surface area contributed by atoms with Crippen molar-refractivity contribution in [2.24, 2.45) is 14.1 Å². The molecule has 0 radical (unpaired) electrons. The van der Waals surface area contributed by atoms with Crippen molar-refractivity contribution < 1.29 is 13.2 Å². The fraction of sp³-hybridized carbons (Fsp3) is 0.182. The Hall–Kier alpha value is -4.46. The third-order valence-electron chi connectivity index (χ3n) is 5.65. The minimum absolute atomic E-state index is 0.205. The van der Waals surface area contributed by atoms with Crippen molar-refractivity contribution in [3.8, 4) is 0 Å². The summed E-state index contributed by atoms with van der Waals surface area (Å²) in [6.45, 7) is -0.815. The molecule has 0 aliphatic heterocycles. The van der Waals surface area contributed by atoms with Crippen LogP contribution in [0, 0.1) is 17.5 Å². The summed E-state index contributed by atoms with van der Waals surface area (Å²) in [6.07, 6.45) is 3.09. The SMILES string of the molecule is Cn1cc2cc(Nc3nc(=O)n(Cc4cnnn4C)c(=O)n3Cc3cc(F)c(F)cc3F)c(Cl)cc2n1. The van der Waals surface area contributed by atoms with E-state index in [9.17, 15) is 22.8 Å². The molecule has 3 aromatic heterocycles. The monoisotopic (exact) mass is 531 g/mol. The van der Waals surface area contributed by atoms with Crippen LogP contribution in [-0.4, -0.2) is 38.9 Å². The van der Waals surface area contributed by atoms with Crippen LogP contribution in [-0.2, 0) is 27.2 Å². The summed E-state index contributed by atoms with van der Waals surface area (Å²) in [5.74, 6) is -4.05. The summed E-state index contributed by atoms with van der Waals surface area (Å²) >= 11 is 6.38. The predicted octanol–water partition coefficient (Wildman–Crippen LogP) is 2.33. The van der Waals surface area contributed by atoms with Gasteiger partial charge in [0.05, 0.1) is 41.2 Å². The van der Waals surface area contributed by atoms with Crippen LogP contribution < -0.4 is 16.7 Å². The maximum atomic E-state index is 14.5. The van der Waals surface area contributed by atoms with Crippen LogP contribution in [0.1, 0.15) is 11.3 Å². The molecule has 3 heterocycles. The van der Waals surface area contributed by atoms with E-state index >= 15 is 0 Å². The van der Waals surface area contributed by atoms with Crippen LogP contribution in [0.5, 0.6) is 0 Å². The Balaban J connectivity index is 1.65. The number of anilines is 2. The summed E-state index contributed by atoms with van der Waals surface area (Å²) in [5, 5.41) is 15.5. The van der Waals surface area contributed by atoms with E-state index in [1.807, 2.05) is 0 Å². The molecule has 37 heavy (non-hydrogen) atoms. The van der Waals surface area contributed by atoms with Crippen molar-refractivity contribution in [2.45, 2.75) is 13.1 Å². The smallest absolute Gasteiger partial charge is 0.324 e. The summed E-state index contributed by atoms with van der Waals surface area (Å²) < 4.78 is 46.5. The fourth-order valence-corrected chi connectivity index (χ4v) is 3.96. The standard InChI is InChI=1S/C22H17ClF3N9O2/c1-32-8-12-4-19(14(23)5-18(12)30-32)28-20-29-21(36)35(10-13-7-27-31-33(13)2)22(37)34(20)9-11-3-16(25)17(26)6-15(11)24/h3-8H,9-10H2,1-2H3,(H,28,29,36). The molecule has 0 saturated carbocycles. The highest BCUT2D eigenvalue weighted by atomic mass is 35.5. The van der Waals surface area contributed by atoms with Gasteiger partial charge in [0, 0.05) is 37.3 Å². The molecule has 0 amide bonds. The van der Waals surface area contributed by atoms with E-state index in [1.54, 1.807) is 37.1 Å². The van der Waals surface area contributed by atoms with Gasteiger partial charge < -0.3 is 5.32 Å². The van der Waals surface area contributed by atoms with Gasteiger partial charge in [-0.1, -0.05) is 16.8 Å². The van der Waals surface area contributed by atoms with Gasteiger partial charge in [-0.3, -0.25) is 13.9 Å². The Morgan fingerprint density at radius 3 is 2.46 bits per heavy atom. The molecule has 190 valence electrons. The number of rotatable bonds is 6. The second-order valence-electron chi connectivity index (χ2n) is 8.20. The van der Waals surface area contributed by atoms with Gasteiger partial charge in [0.1, 0.15) is 5.82 Å². The first-order chi connectivity index (χ1) is 17.6. The van der Waals surface area contributed by atoms with Gasteiger partial charge in [0.25, 0.3) is 0 Å². The number of nitrogens with zero attached hydrogens (tertiary/aromatic N) is 8. The van der Waals surface area contributed by atoms with Crippen molar-refractivity contribution in [2.75, 3.05) is 5.32 Å². The number of nitrogens with one attached hydrogen (secondary N) is 1. The Morgan fingerprint density at radius 1 is 0.973 bits per heavy atom. The van der Waals surface area contributed by atoms with E-state index in [0.717, 1.165) is 9.13 Å². The lowest BCUT2D eigenvalue weighted by Gasteiger charge is -2.16. The van der Waals surface area contributed by atoms with Crippen LogP contribution in [0.25, 0.3) is 10.9 Å². The Morgan fingerprint density at radius 2 is 1.73 bits per heavy atom. The molecule has 5 aromatic rings. The largest absolute Gasteiger partial charge is 0.355 e. The number of aryl methyl sites for hydroxylation is 2. The number of halogens is 4. The zero-order valence-corrected chi connectivity index (χ0v) is 20.0. The van der Waals surface area contributed by atoms with E-state index in [0.29, 0.717) is 28.7 Å². The highest BCUT2D eigenvalue weighted by Gasteiger charge is 2.19. The first-order valence-corrected chi connectivity index (χ1v) is 11.1. The molecule has 0 unspecified atom stereocenters. The van der Waals surface area contributed by atoms with Gasteiger partial charge in [0.2, 0.25) is 5.95 Å². The van der Waals surface area contributed by atoms with E-state index in [2.05, 4.69) is 25.7 Å². The van der Waals surface area contributed by atoms with Crippen LogP contribution in [0.2, 0.25) is 5.02 Å². The van der Waals surface area contributed by atoms with Crippen LogP contribution in [0.3, 0.4) is 0 Å². The summed E-state index contributed by atoms with van der Waals surface area (Å²) in [4.78, 5) is 30.3. The normalized spacial score (nSPS) is 11.4. The molecule has 5 rings (SSSR count). The van der Waals surface area contributed by atoms with Gasteiger partial charge >= 0.3 is 11.4 Å². The van der Waals surface area contributed by atoms with Gasteiger partial charge in [0.15, 0.2) is 11.6 Å². The predicted molar refractivity (Wildman–Crippen MR) is 127 cm³/mol. The maximum Gasteiger partial charge on any atom is 0.355 e. The van der Waals surface area contributed by atoms with Crippen molar-refractivity contribution in [1.82, 2.24) is 38.9 Å². The molecule has 1 N–H and O–H groups in total. The van der Waals surface area contributed by atoms with Crippen molar-refractivity contribution in [3.05, 3.63) is 91.4 Å². The Labute approximate surface area is 210 Å². The topological polar surface area (TPSA) is 117 Å². The zero-order valence-electron chi connectivity index (χ0n) is 19.3. The Bertz CT molecular complexity index is 1790. The highest BCUT2D eigenvalue weighted by Crippen LogP contribution is 2.29. The molecule has 0 atom stereocenters. The maximum absolute atomic E-state index is 14.5. The van der Waals surface area contributed by atoms with E-state index in [-0.39, 0.29) is 28.8 Å². The minimum atomic E-state index is -1.38. The molecule has 0 aliphatic rings. The Kier molecular flexibility index (Phi) is 6.03. The molecule has 2 aromatic carbocycles. The molecule has 0 spiro atoms. The lowest BCUT2D eigenvalue weighted by atomic mass is 10.2. The lowest BCUT2D eigenvalue weighted by Crippen LogP contribution is -2.43. The van der Waals surface area contributed by atoms with Gasteiger partial charge in [-0.15, -0.1) is 5.10 Å². The van der Waals surface area contributed by atoms with E-state index in [4.69, 9.17) is 11.6 Å². The van der Waals surface area contributed by atoms with Gasteiger partial charge in [-0.25, -0.2) is 27.3 Å². The quantitative estimate of drug-likeness (QED) is 0.334. The van der Waals surface area contributed by atoms with E-state index in [1.165, 1.54) is 10.9 Å². The van der Waals surface area contributed by atoms with Gasteiger partial charge in [-0.2, -0.15) is 10.1 Å². The number of hydrogen-bond donors (Lipinski definition) is 1. The highest BCUT2D eigenvalue weighted by molar-refractivity contribution is 6.34. The molecular weight excluding hydrogens is 515 g/mol. The number of fused-ring (bicyclic) bond motifs is 1.